The fourth-order valence-corrected chi connectivity index (χ4v) is 1.64. The van der Waals surface area contributed by atoms with Crippen LogP contribution in [0.1, 0.15) is 41.0 Å². The number of nitrogens with zero attached hydrogens (tertiary/aromatic N) is 1. The van der Waals surface area contributed by atoms with Gasteiger partial charge in [-0.3, -0.25) is 4.79 Å². The van der Waals surface area contributed by atoms with Crippen LogP contribution in [-0.4, -0.2) is 29.2 Å². The number of amides is 1. The van der Waals surface area contributed by atoms with Crippen molar-refractivity contribution in [1.29, 1.82) is 0 Å². The van der Waals surface area contributed by atoms with E-state index in [1.54, 1.807) is 0 Å². The molecule has 2 unspecified atom stereocenters. The predicted octanol–water partition coefficient (Wildman–Crippen LogP) is 3.30. The summed E-state index contributed by atoms with van der Waals surface area (Å²) < 4.78 is 0. The van der Waals surface area contributed by atoms with Crippen LogP contribution in [0.2, 0.25) is 0 Å². The van der Waals surface area contributed by atoms with Crippen LogP contribution < -0.4 is 0 Å². The quantitative estimate of drug-likeness (QED) is 0.722. The number of halogens is 1. The predicted molar refractivity (Wildman–Crippen MR) is 69.3 cm³/mol. The average Bonchev–Trinajstić information content (AvgIpc) is 2.00. The molecule has 0 fully saturated rings. The van der Waals surface area contributed by atoms with Gasteiger partial charge >= 0.3 is 0 Å². The number of hydrogen-bond acceptors (Lipinski definition) is 1. The Kier molecular flexibility index (Phi) is 5.86. The van der Waals surface area contributed by atoms with Gasteiger partial charge in [-0.15, -0.1) is 0 Å². The molecular formula is C12H24BrNO. The zero-order valence-electron chi connectivity index (χ0n) is 10.8. The highest BCUT2D eigenvalue weighted by molar-refractivity contribution is 9.09. The van der Waals surface area contributed by atoms with Crippen molar-refractivity contribution in [3.63, 3.8) is 0 Å². The molecule has 15 heavy (non-hydrogen) atoms. The molecule has 0 aromatic heterocycles. The molecular weight excluding hydrogens is 254 g/mol. The molecule has 3 heteroatoms. The Balaban J connectivity index is 4.14. The third kappa shape index (κ3) is 6.18. The molecule has 0 heterocycles. The second-order valence-electron chi connectivity index (χ2n) is 5.53. The molecule has 0 aromatic carbocycles. The van der Waals surface area contributed by atoms with Crippen molar-refractivity contribution in [3.05, 3.63) is 0 Å². The van der Waals surface area contributed by atoms with Gasteiger partial charge < -0.3 is 4.90 Å². The summed E-state index contributed by atoms with van der Waals surface area (Å²) in [7, 11) is 1.87. The minimum Gasteiger partial charge on any atom is -0.345 e. The highest BCUT2D eigenvalue weighted by atomic mass is 79.9. The number of alkyl halides is 1. The molecule has 90 valence electrons. The molecule has 0 aromatic rings. The molecule has 0 saturated heterocycles. The monoisotopic (exact) mass is 277 g/mol. The van der Waals surface area contributed by atoms with E-state index < -0.39 is 0 Å². The van der Waals surface area contributed by atoms with Crippen molar-refractivity contribution >= 4 is 21.8 Å². The molecule has 0 aliphatic heterocycles. The molecule has 2 nitrogen and oxygen atoms in total. The molecule has 2 atom stereocenters. The van der Waals surface area contributed by atoms with Crippen LogP contribution in [-0.2, 0) is 4.79 Å². The summed E-state index contributed by atoms with van der Waals surface area (Å²) in [5.41, 5.74) is 0.205. The molecule has 0 spiro atoms. The second-order valence-corrected chi connectivity index (χ2v) is 7.09. The molecule has 0 bridgehead atoms. The maximum absolute atomic E-state index is 11.8. The Hall–Kier alpha value is -0.0500. The minimum atomic E-state index is 0.205. The van der Waals surface area contributed by atoms with Gasteiger partial charge in [-0.2, -0.15) is 0 Å². The van der Waals surface area contributed by atoms with Gasteiger partial charge in [-0.1, -0.05) is 50.5 Å². The van der Waals surface area contributed by atoms with Gasteiger partial charge in [0, 0.05) is 24.8 Å². The molecule has 0 N–H and O–H groups in total. The topological polar surface area (TPSA) is 20.3 Å². The highest BCUT2D eigenvalue weighted by Crippen LogP contribution is 2.28. The van der Waals surface area contributed by atoms with Gasteiger partial charge in [0.05, 0.1) is 0 Å². The fourth-order valence-electron chi connectivity index (χ4n) is 1.20. The molecule has 1 amide bonds. The van der Waals surface area contributed by atoms with Gasteiger partial charge in [-0.05, 0) is 11.3 Å². The first-order valence-electron chi connectivity index (χ1n) is 5.52. The van der Waals surface area contributed by atoms with Gasteiger partial charge in [-0.25, -0.2) is 0 Å². The number of carbonyl (C=O) groups excluding carboxylic acids is 1. The van der Waals surface area contributed by atoms with Crippen molar-refractivity contribution < 1.29 is 4.79 Å². The van der Waals surface area contributed by atoms with E-state index in [2.05, 4.69) is 50.5 Å². The minimum absolute atomic E-state index is 0.205. The summed E-state index contributed by atoms with van der Waals surface area (Å²) in [4.78, 5) is 14.0. The first-order valence-corrected chi connectivity index (χ1v) is 6.44. The van der Waals surface area contributed by atoms with Crippen LogP contribution in [0, 0.1) is 11.3 Å². The lowest BCUT2D eigenvalue weighted by molar-refractivity contribution is -0.131. The lowest BCUT2D eigenvalue weighted by atomic mass is 9.80. The van der Waals surface area contributed by atoms with Crippen molar-refractivity contribution in [3.8, 4) is 0 Å². The molecule has 0 aliphatic carbocycles. The smallest absolute Gasteiger partial charge is 0.222 e. The second kappa shape index (κ2) is 5.88. The maximum atomic E-state index is 11.8. The van der Waals surface area contributed by atoms with Crippen LogP contribution in [0.25, 0.3) is 0 Å². The van der Waals surface area contributed by atoms with E-state index in [4.69, 9.17) is 0 Å². The van der Waals surface area contributed by atoms with Crippen LogP contribution >= 0.6 is 15.9 Å². The third-order valence-electron chi connectivity index (χ3n) is 2.91. The summed E-state index contributed by atoms with van der Waals surface area (Å²) in [6, 6.07) is 0. The van der Waals surface area contributed by atoms with E-state index >= 15 is 0 Å². The van der Waals surface area contributed by atoms with Gasteiger partial charge in [0.25, 0.3) is 0 Å². The summed E-state index contributed by atoms with van der Waals surface area (Å²) in [5.74, 6) is 0.654. The molecule has 0 aliphatic rings. The van der Waals surface area contributed by atoms with E-state index in [-0.39, 0.29) is 11.3 Å². The number of carbonyl (C=O) groups is 1. The van der Waals surface area contributed by atoms with Crippen molar-refractivity contribution in [2.24, 2.45) is 11.3 Å². The van der Waals surface area contributed by atoms with Crippen molar-refractivity contribution in [2.75, 3.05) is 13.6 Å². The standard InChI is InChI=1S/C12H24BrNO/c1-9(12(3,4)5)7-11(15)14(6)8-10(2)13/h9-10H,7-8H2,1-6H3. The van der Waals surface area contributed by atoms with Crippen LogP contribution in [0.3, 0.4) is 0 Å². The normalized spacial score (nSPS) is 15.9. The fraction of sp³-hybridized carbons (Fsp3) is 0.917. The Bertz CT molecular complexity index is 208. The Labute approximate surface area is 103 Å². The molecule has 0 saturated carbocycles. The highest BCUT2D eigenvalue weighted by Gasteiger charge is 2.24. The van der Waals surface area contributed by atoms with E-state index in [9.17, 15) is 4.79 Å². The maximum Gasteiger partial charge on any atom is 0.222 e. The summed E-state index contributed by atoms with van der Waals surface area (Å²) in [6.45, 7) is 11.5. The lowest BCUT2D eigenvalue weighted by Gasteiger charge is -2.28. The van der Waals surface area contributed by atoms with Crippen LogP contribution in [0.4, 0.5) is 0 Å². The average molecular weight is 278 g/mol. The Morgan fingerprint density at radius 3 is 2.13 bits per heavy atom. The molecule has 0 rings (SSSR count). The van der Waals surface area contributed by atoms with E-state index in [1.165, 1.54) is 0 Å². The third-order valence-corrected chi connectivity index (χ3v) is 3.20. The van der Waals surface area contributed by atoms with Gasteiger partial charge in [0.2, 0.25) is 5.91 Å². The zero-order chi connectivity index (χ0) is 12.2. The van der Waals surface area contributed by atoms with E-state index in [0.717, 1.165) is 6.54 Å². The summed E-state index contributed by atoms with van der Waals surface area (Å²) in [5, 5.41) is 0. The zero-order valence-corrected chi connectivity index (χ0v) is 12.4. The largest absolute Gasteiger partial charge is 0.345 e. The summed E-state index contributed by atoms with van der Waals surface area (Å²) in [6.07, 6.45) is 0.639. The number of rotatable bonds is 4. The number of hydrogen-bond donors (Lipinski definition) is 0. The first-order chi connectivity index (χ1) is 6.64. The SMILES string of the molecule is CC(Br)CN(C)C(=O)CC(C)C(C)(C)C. The Morgan fingerprint density at radius 2 is 1.80 bits per heavy atom. The van der Waals surface area contributed by atoms with Crippen molar-refractivity contribution in [2.45, 2.75) is 45.9 Å². The Morgan fingerprint density at radius 1 is 1.33 bits per heavy atom. The van der Waals surface area contributed by atoms with Crippen molar-refractivity contribution in [1.82, 2.24) is 4.90 Å². The summed E-state index contributed by atoms with van der Waals surface area (Å²) >= 11 is 3.46. The van der Waals surface area contributed by atoms with Crippen LogP contribution in [0.5, 0.6) is 0 Å². The van der Waals surface area contributed by atoms with Gasteiger partial charge in [0.15, 0.2) is 0 Å². The molecule has 0 radical (unpaired) electrons. The van der Waals surface area contributed by atoms with E-state index in [0.29, 0.717) is 17.2 Å². The van der Waals surface area contributed by atoms with E-state index in [1.807, 2.05) is 11.9 Å². The van der Waals surface area contributed by atoms with Crippen LogP contribution in [0.15, 0.2) is 0 Å². The first kappa shape index (κ1) is 14.9. The lowest BCUT2D eigenvalue weighted by Crippen LogP contribution is -2.34. The van der Waals surface area contributed by atoms with Gasteiger partial charge in [0.1, 0.15) is 0 Å².